The monoisotopic (exact) mass is 524 g/mol. The quantitative estimate of drug-likeness (QED) is 0.382. The molecule has 2 aliphatic heterocycles. The lowest BCUT2D eigenvalue weighted by atomic mass is 10.1. The average Bonchev–Trinajstić information content (AvgIpc) is 3.43. The van der Waals surface area contributed by atoms with Gasteiger partial charge in [0, 0.05) is 19.2 Å². The smallest absolute Gasteiger partial charge is 0.347 e. The molecule has 2 saturated heterocycles. The van der Waals surface area contributed by atoms with Crippen molar-refractivity contribution in [2.24, 2.45) is 0 Å². The number of likely N-dealkylation sites (tertiary alicyclic amines) is 1. The molecule has 1 amide bonds. The molecule has 5 rings (SSSR count). The van der Waals surface area contributed by atoms with E-state index in [0.717, 1.165) is 18.5 Å². The predicted molar refractivity (Wildman–Crippen MR) is 123 cm³/mol. The number of carbonyl (C=O) groups excluding carboxylic acids is 1. The third kappa shape index (κ3) is 4.29. The fourth-order valence-electron chi connectivity index (χ4n) is 4.72. The third-order valence-corrected chi connectivity index (χ3v) is 6.73. The van der Waals surface area contributed by atoms with Crippen molar-refractivity contribution in [1.82, 2.24) is 19.9 Å². The number of hydrogen-bond donors (Lipinski definition) is 1. The van der Waals surface area contributed by atoms with E-state index in [1.807, 2.05) is 0 Å². The highest BCUT2D eigenvalue weighted by Crippen LogP contribution is 2.37. The van der Waals surface area contributed by atoms with Gasteiger partial charge in [-0.3, -0.25) is 4.79 Å². The summed E-state index contributed by atoms with van der Waals surface area (Å²) in [6.07, 6.45) is -2.90. The predicted octanol–water partition coefficient (Wildman–Crippen LogP) is 4.78. The molecule has 2 bridgehead atoms. The summed E-state index contributed by atoms with van der Waals surface area (Å²) in [5.74, 6) is -1.83. The van der Waals surface area contributed by atoms with E-state index in [1.165, 1.54) is 12.1 Å². The lowest BCUT2D eigenvalue weighted by Crippen LogP contribution is -2.48. The molecule has 3 aromatic rings. The second-order valence-electron chi connectivity index (χ2n) is 8.59. The molecule has 0 unspecified atom stereocenters. The number of hydrogen-bond acceptors (Lipinski definition) is 6. The van der Waals surface area contributed by atoms with Gasteiger partial charge < -0.3 is 15.1 Å². The Bertz CT molecular complexity index is 1380. The van der Waals surface area contributed by atoms with E-state index in [0.29, 0.717) is 19.5 Å². The number of benzene rings is 1. The van der Waals surface area contributed by atoms with E-state index in [-0.39, 0.29) is 46.3 Å². The van der Waals surface area contributed by atoms with Crippen LogP contribution in [0.4, 0.5) is 39.3 Å². The second-order valence-corrected chi connectivity index (χ2v) is 8.97. The van der Waals surface area contributed by atoms with Crippen molar-refractivity contribution in [2.75, 3.05) is 23.3 Å². The van der Waals surface area contributed by atoms with Gasteiger partial charge >= 0.3 is 6.18 Å². The van der Waals surface area contributed by atoms with Crippen LogP contribution in [-0.4, -0.2) is 57.1 Å². The Morgan fingerprint density at radius 1 is 1.22 bits per heavy atom. The molecule has 36 heavy (non-hydrogen) atoms. The summed E-state index contributed by atoms with van der Waals surface area (Å²) in [6.45, 7) is 4.29. The van der Waals surface area contributed by atoms with Gasteiger partial charge in [0.1, 0.15) is 11.8 Å². The first-order valence-corrected chi connectivity index (χ1v) is 11.2. The first-order valence-electron chi connectivity index (χ1n) is 10.9. The maximum Gasteiger partial charge on any atom is 0.393 e. The average molecular weight is 525 g/mol. The zero-order valence-corrected chi connectivity index (χ0v) is 19.2. The van der Waals surface area contributed by atoms with Crippen molar-refractivity contribution in [3.05, 3.63) is 59.4 Å². The third-order valence-electron chi connectivity index (χ3n) is 6.32. The zero-order valence-electron chi connectivity index (χ0n) is 18.5. The topological polar surface area (TPSA) is 74.2 Å². The van der Waals surface area contributed by atoms with E-state index < -0.39 is 34.8 Å². The maximum absolute atomic E-state index is 15.0. The minimum atomic E-state index is -4.55. The molecule has 2 aromatic heterocycles. The number of nitrogens with zero attached hydrogens (tertiary/aromatic N) is 5. The first kappa shape index (κ1) is 24.2. The number of alkyl halides is 3. The maximum atomic E-state index is 15.0. The summed E-state index contributed by atoms with van der Waals surface area (Å²) >= 11 is 5.85. The molecule has 0 spiro atoms. The fourth-order valence-corrected chi connectivity index (χ4v) is 4.96. The van der Waals surface area contributed by atoms with E-state index in [4.69, 9.17) is 11.6 Å². The van der Waals surface area contributed by atoms with Crippen molar-refractivity contribution < 1.29 is 26.7 Å². The molecule has 2 aliphatic rings. The Kier molecular flexibility index (Phi) is 5.93. The number of nitrogens with one attached hydrogen (secondary N) is 1. The largest absolute Gasteiger partial charge is 0.393 e. The van der Waals surface area contributed by atoms with Crippen LogP contribution in [0.15, 0.2) is 37.2 Å². The van der Waals surface area contributed by atoms with Crippen LogP contribution in [0.2, 0.25) is 5.02 Å². The molecular weight excluding hydrogens is 507 g/mol. The normalized spacial score (nSPS) is 19.3. The Labute approximate surface area is 206 Å². The number of amides is 1. The number of pyridine rings is 1. The Morgan fingerprint density at radius 3 is 2.67 bits per heavy atom. The molecule has 0 aliphatic carbocycles. The van der Waals surface area contributed by atoms with Gasteiger partial charge in [-0.15, -0.1) is 0 Å². The van der Waals surface area contributed by atoms with Gasteiger partial charge in [0.25, 0.3) is 0 Å². The van der Waals surface area contributed by atoms with Crippen LogP contribution in [0.1, 0.15) is 12.0 Å². The summed E-state index contributed by atoms with van der Waals surface area (Å²) in [4.78, 5) is 28.0. The molecule has 13 heteroatoms. The number of carbonyl (C=O) groups is 1. The van der Waals surface area contributed by atoms with Crippen LogP contribution < -0.4 is 10.2 Å². The van der Waals surface area contributed by atoms with E-state index >= 15 is 4.39 Å². The highest BCUT2D eigenvalue weighted by atomic mass is 35.5. The molecule has 1 N–H and O–H groups in total. The number of piperazine rings is 1. The van der Waals surface area contributed by atoms with Crippen molar-refractivity contribution in [2.45, 2.75) is 31.1 Å². The van der Waals surface area contributed by atoms with E-state index in [2.05, 4.69) is 26.8 Å². The molecule has 0 saturated carbocycles. The summed E-state index contributed by atoms with van der Waals surface area (Å²) < 4.78 is 68.0. The molecule has 2 fully saturated rings. The highest BCUT2D eigenvalue weighted by molar-refractivity contribution is 6.31. The Morgan fingerprint density at radius 2 is 2.00 bits per heavy atom. The summed E-state index contributed by atoms with van der Waals surface area (Å²) in [5.41, 5.74) is -0.361. The van der Waals surface area contributed by atoms with Crippen molar-refractivity contribution in [3.63, 3.8) is 0 Å². The molecule has 188 valence electrons. The Hall–Kier alpha value is -3.54. The molecule has 7 nitrogen and oxygen atoms in total. The minimum Gasteiger partial charge on any atom is -0.347 e. The number of halogens is 6. The van der Waals surface area contributed by atoms with Crippen molar-refractivity contribution >= 4 is 45.9 Å². The number of anilines is 3. The molecule has 0 radical (unpaired) electrons. The van der Waals surface area contributed by atoms with Gasteiger partial charge in [0.2, 0.25) is 5.91 Å². The van der Waals surface area contributed by atoms with Crippen LogP contribution in [0.25, 0.3) is 11.0 Å². The van der Waals surface area contributed by atoms with Crippen molar-refractivity contribution in [1.29, 1.82) is 0 Å². The van der Waals surface area contributed by atoms with Crippen LogP contribution in [0.5, 0.6) is 0 Å². The van der Waals surface area contributed by atoms with Gasteiger partial charge in [0.05, 0.1) is 34.7 Å². The van der Waals surface area contributed by atoms with E-state index in [9.17, 15) is 22.4 Å². The lowest BCUT2D eigenvalue weighted by molar-refractivity contribution is -0.128. The summed E-state index contributed by atoms with van der Waals surface area (Å²) in [7, 11) is 0. The SMILES string of the molecule is C=CC(=O)N1C[C@@H]2C[C@H]1CN2c1nc2c(Nc3ccc(CC(F)(F)F)c(Cl)c3F)ncnc2cc1F. The molecular formula is C23H18ClF5N6O. The van der Waals surface area contributed by atoms with Crippen LogP contribution in [0.3, 0.4) is 0 Å². The first-order chi connectivity index (χ1) is 17.1. The number of fused-ring (bicyclic) bond motifs is 3. The van der Waals surface area contributed by atoms with Crippen molar-refractivity contribution in [3.8, 4) is 0 Å². The molecule has 1 aromatic carbocycles. The van der Waals surface area contributed by atoms with Gasteiger partial charge in [-0.1, -0.05) is 24.2 Å². The number of aromatic nitrogens is 3. The Balaban J connectivity index is 1.46. The van der Waals surface area contributed by atoms with Gasteiger partial charge in [-0.2, -0.15) is 13.2 Å². The van der Waals surface area contributed by atoms with Crippen LogP contribution >= 0.6 is 11.6 Å². The van der Waals surface area contributed by atoms with Gasteiger partial charge in [-0.25, -0.2) is 23.7 Å². The van der Waals surface area contributed by atoms with E-state index in [1.54, 1.807) is 9.80 Å². The molecule has 2 atom stereocenters. The lowest BCUT2D eigenvalue weighted by Gasteiger charge is -2.34. The number of rotatable bonds is 5. The zero-order chi connectivity index (χ0) is 25.8. The summed E-state index contributed by atoms with van der Waals surface area (Å²) in [5, 5.41) is 2.02. The summed E-state index contributed by atoms with van der Waals surface area (Å²) in [6, 6.07) is 3.12. The minimum absolute atomic E-state index is 0.0209. The van der Waals surface area contributed by atoms with Crippen LogP contribution in [0, 0.1) is 11.6 Å². The standard InChI is InChI=1S/C23H18ClF5N6O/c1-2-17(36)34-8-13-5-12(34)9-35(13)22-14(25)6-16-20(33-22)21(31-10-30-16)32-15-4-3-11(7-23(27,28)29)18(24)19(15)26/h2-4,6,10,12-13H,1,5,7-9H2,(H,30,31,32)/t12-,13-/m0/s1. The second kappa shape index (κ2) is 8.84. The van der Waals surface area contributed by atoms with Gasteiger partial charge in [-0.05, 0) is 24.1 Å². The highest BCUT2D eigenvalue weighted by Gasteiger charge is 2.46. The molecule has 4 heterocycles. The van der Waals surface area contributed by atoms with Crippen LogP contribution in [-0.2, 0) is 11.2 Å². The van der Waals surface area contributed by atoms with Gasteiger partial charge in [0.15, 0.2) is 23.3 Å². The fraction of sp³-hybridized carbons (Fsp3) is 0.304.